The van der Waals surface area contributed by atoms with Crippen LogP contribution in [0.1, 0.15) is 42.6 Å². The Morgan fingerprint density at radius 3 is 2.71 bits per heavy atom. The van der Waals surface area contributed by atoms with Crippen molar-refractivity contribution in [3.05, 3.63) is 10.6 Å². The number of nitrogens with zero attached hydrogens (tertiary/aromatic N) is 1. The van der Waals surface area contributed by atoms with Crippen molar-refractivity contribution in [1.82, 2.24) is 4.98 Å². The van der Waals surface area contributed by atoms with Gasteiger partial charge in [-0.05, 0) is 27.2 Å². The van der Waals surface area contributed by atoms with Gasteiger partial charge in [0.2, 0.25) is 0 Å². The summed E-state index contributed by atoms with van der Waals surface area (Å²) < 4.78 is 5.10. The molecule has 0 saturated carbocycles. The SMILES string of the molecule is CC(C)(C)OC(=O)Nc1nc2c(s1)CCC2=O. The molecule has 0 saturated heterocycles. The first kappa shape index (κ1) is 12.0. The largest absolute Gasteiger partial charge is 0.444 e. The van der Waals surface area contributed by atoms with Gasteiger partial charge >= 0.3 is 6.09 Å². The Morgan fingerprint density at radius 1 is 1.41 bits per heavy atom. The van der Waals surface area contributed by atoms with Crippen LogP contribution in [0.4, 0.5) is 9.93 Å². The van der Waals surface area contributed by atoms with Crippen LogP contribution in [0, 0.1) is 0 Å². The summed E-state index contributed by atoms with van der Waals surface area (Å²) in [5.41, 5.74) is -0.0408. The molecule has 6 heteroatoms. The fraction of sp³-hybridized carbons (Fsp3) is 0.545. The Morgan fingerprint density at radius 2 is 2.12 bits per heavy atom. The van der Waals surface area contributed by atoms with Crippen molar-refractivity contribution in [3.63, 3.8) is 0 Å². The third kappa shape index (κ3) is 2.82. The second kappa shape index (κ2) is 4.10. The number of hydrogen-bond acceptors (Lipinski definition) is 5. The highest BCUT2D eigenvalue weighted by Crippen LogP contribution is 2.30. The van der Waals surface area contributed by atoms with Gasteiger partial charge in [0.25, 0.3) is 0 Å². The molecule has 1 aromatic heterocycles. The van der Waals surface area contributed by atoms with Crippen LogP contribution >= 0.6 is 11.3 Å². The van der Waals surface area contributed by atoms with Gasteiger partial charge in [0.1, 0.15) is 11.3 Å². The molecule has 0 spiro atoms. The van der Waals surface area contributed by atoms with Crippen molar-refractivity contribution < 1.29 is 14.3 Å². The second-order valence-corrected chi connectivity index (χ2v) is 5.92. The highest BCUT2D eigenvalue weighted by atomic mass is 32.1. The molecule has 17 heavy (non-hydrogen) atoms. The van der Waals surface area contributed by atoms with E-state index in [-0.39, 0.29) is 5.78 Å². The predicted molar refractivity (Wildman–Crippen MR) is 64.6 cm³/mol. The Hall–Kier alpha value is -1.43. The van der Waals surface area contributed by atoms with E-state index in [1.807, 2.05) is 0 Å². The van der Waals surface area contributed by atoms with E-state index in [1.165, 1.54) is 11.3 Å². The number of aromatic nitrogens is 1. The summed E-state index contributed by atoms with van der Waals surface area (Å²) in [5.74, 6) is 0.0495. The smallest absolute Gasteiger partial charge is 0.413 e. The zero-order valence-corrected chi connectivity index (χ0v) is 10.8. The first-order valence-corrected chi connectivity index (χ1v) is 6.20. The maximum Gasteiger partial charge on any atom is 0.413 e. The van der Waals surface area contributed by atoms with E-state index in [9.17, 15) is 9.59 Å². The summed E-state index contributed by atoms with van der Waals surface area (Å²) in [5, 5.41) is 2.97. The molecular formula is C11H14N2O3S. The van der Waals surface area contributed by atoms with Crippen molar-refractivity contribution in [2.45, 2.75) is 39.2 Å². The molecule has 1 N–H and O–H groups in total. The van der Waals surface area contributed by atoms with Gasteiger partial charge < -0.3 is 4.74 Å². The molecule has 1 heterocycles. The minimum absolute atomic E-state index is 0.0495. The summed E-state index contributed by atoms with van der Waals surface area (Å²) in [6, 6.07) is 0. The minimum Gasteiger partial charge on any atom is -0.444 e. The van der Waals surface area contributed by atoms with Gasteiger partial charge in [-0.25, -0.2) is 9.78 Å². The van der Waals surface area contributed by atoms with Crippen molar-refractivity contribution in [2.75, 3.05) is 5.32 Å². The van der Waals surface area contributed by atoms with Gasteiger partial charge in [-0.15, -0.1) is 11.3 Å². The van der Waals surface area contributed by atoms with E-state index < -0.39 is 11.7 Å². The molecule has 0 atom stereocenters. The molecule has 1 aromatic rings. The number of fused-ring (bicyclic) bond motifs is 1. The molecule has 0 aliphatic heterocycles. The van der Waals surface area contributed by atoms with Crippen molar-refractivity contribution in [3.8, 4) is 0 Å². The van der Waals surface area contributed by atoms with E-state index in [0.29, 0.717) is 17.2 Å². The average Bonchev–Trinajstić information content (AvgIpc) is 2.65. The average molecular weight is 254 g/mol. The molecule has 1 aliphatic rings. The van der Waals surface area contributed by atoms with Crippen LogP contribution in [-0.4, -0.2) is 22.5 Å². The predicted octanol–water partition coefficient (Wildman–Crippen LogP) is 2.62. The van der Waals surface area contributed by atoms with Crippen LogP contribution in [0.15, 0.2) is 0 Å². The molecular weight excluding hydrogens is 240 g/mol. The van der Waals surface area contributed by atoms with Crippen LogP contribution in [0.25, 0.3) is 0 Å². The normalized spacial score (nSPS) is 14.6. The van der Waals surface area contributed by atoms with E-state index in [4.69, 9.17) is 4.74 Å². The number of Topliss-reactive ketones (excluding diaryl/α,β-unsaturated/α-hetero) is 1. The van der Waals surface area contributed by atoms with Crippen molar-refractivity contribution >= 4 is 28.3 Å². The minimum atomic E-state index is -0.544. The summed E-state index contributed by atoms with van der Waals surface area (Å²) >= 11 is 1.34. The topological polar surface area (TPSA) is 68.3 Å². The number of amides is 1. The van der Waals surface area contributed by atoms with E-state index >= 15 is 0 Å². The number of carbonyl (C=O) groups excluding carboxylic acids is 2. The molecule has 92 valence electrons. The number of hydrogen-bond donors (Lipinski definition) is 1. The van der Waals surface area contributed by atoms with Gasteiger partial charge in [-0.1, -0.05) is 0 Å². The van der Waals surface area contributed by atoms with Crippen LogP contribution in [0.3, 0.4) is 0 Å². The highest BCUT2D eigenvalue weighted by Gasteiger charge is 2.25. The fourth-order valence-corrected chi connectivity index (χ4v) is 2.49. The molecule has 1 amide bonds. The standard InChI is InChI=1S/C11H14N2O3S/c1-11(2,3)16-10(15)13-9-12-8-6(14)4-5-7(8)17-9/h4-5H2,1-3H3,(H,12,13,15). The van der Waals surface area contributed by atoms with Crippen LogP contribution < -0.4 is 5.32 Å². The van der Waals surface area contributed by atoms with E-state index in [0.717, 1.165) is 11.3 Å². The van der Waals surface area contributed by atoms with Crippen molar-refractivity contribution in [1.29, 1.82) is 0 Å². The number of rotatable bonds is 1. The van der Waals surface area contributed by atoms with Crippen LogP contribution in [0.5, 0.6) is 0 Å². The zero-order chi connectivity index (χ0) is 12.6. The number of thiazole rings is 1. The summed E-state index contributed by atoms with van der Waals surface area (Å²) in [6.45, 7) is 5.37. The number of ether oxygens (including phenoxy) is 1. The molecule has 0 aromatic carbocycles. The van der Waals surface area contributed by atoms with Gasteiger partial charge in [-0.3, -0.25) is 10.1 Å². The summed E-state index contributed by atoms with van der Waals surface area (Å²) in [7, 11) is 0. The maximum absolute atomic E-state index is 11.5. The third-order valence-electron chi connectivity index (χ3n) is 2.15. The lowest BCUT2D eigenvalue weighted by molar-refractivity contribution is 0.0635. The quantitative estimate of drug-likeness (QED) is 0.836. The van der Waals surface area contributed by atoms with Gasteiger partial charge in [-0.2, -0.15) is 0 Å². The molecule has 5 nitrogen and oxygen atoms in total. The second-order valence-electron chi connectivity index (χ2n) is 4.84. The lowest BCUT2D eigenvalue weighted by Gasteiger charge is -2.18. The third-order valence-corrected chi connectivity index (χ3v) is 3.18. The van der Waals surface area contributed by atoms with Crippen LogP contribution in [-0.2, 0) is 11.2 Å². The highest BCUT2D eigenvalue weighted by molar-refractivity contribution is 7.16. The van der Waals surface area contributed by atoms with Gasteiger partial charge in [0.05, 0.1) is 0 Å². The lowest BCUT2D eigenvalue weighted by Crippen LogP contribution is -2.27. The number of anilines is 1. The van der Waals surface area contributed by atoms with Gasteiger partial charge in [0.15, 0.2) is 10.9 Å². The molecule has 0 unspecified atom stereocenters. The maximum atomic E-state index is 11.5. The Balaban J connectivity index is 2.03. The zero-order valence-electron chi connectivity index (χ0n) is 9.99. The molecule has 0 bridgehead atoms. The number of aryl methyl sites for hydroxylation is 1. The summed E-state index contributed by atoms with van der Waals surface area (Å²) in [4.78, 5) is 27.9. The molecule has 0 fully saturated rings. The number of nitrogens with one attached hydrogen (secondary N) is 1. The molecule has 0 radical (unpaired) electrons. The van der Waals surface area contributed by atoms with E-state index in [1.54, 1.807) is 20.8 Å². The number of ketones is 1. The monoisotopic (exact) mass is 254 g/mol. The van der Waals surface area contributed by atoms with E-state index in [2.05, 4.69) is 10.3 Å². The van der Waals surface area contributed by atoms with Crippen LogP contribution in [0.2, 0.25) is 0 Å². The number of carbonyl (C=O) groups is 2. The fourth-order valence-electron chi connectivity index (χ4n) is 1.53. The van der Waals surface area contributed by atoms with Gasteiger partial charge in [0, 0.05) is 11.3 Å². The molecule has 1 aliphatic carbocycles. The Bertz CT molecular complexity index is 474. The lowest BCUT2D eigenvalue weighted by atomic mass is 10.2. The molecule has 2 rings (SSSR count). The summed E-state index contributed by atoms with van der Waals surface area (Å²) in [6.07, 6.45) is 0.709. The van der Waals surface area contributed by atoms with Crippen molar-refractivity contribution in [2.24, 2.45) is 0 Å². The first-order valence-electron chi connectivity index (χ1n) is 5.38. The Labute approximate surface area is 103 Å². The first-order chi connectivity index (χ1) is 7.85. The Kier molecular flexibility index (Phi) is 2.91.